The minimum absolute atomic E-state index is 0. The summed E-state index contributed by atoms with van der Waals surface area (Å²) in [7, 11) is 4.39. The van der Waals surface area contributed by atoms with Gasteiger partial charge in [0.25, 0.3) is 0 Å². The van der Waals surface area contributed by atoms with Crippen LogP contribution in [-0.2, 0) is 91.1 Å². The number of amides is 2. The summed E-state index contributed by atoms with van der Waals surface area (Å²) in [6, 6.07) is -1.07. The molecule has 0 aliphatic heterocycles. The van der Waals surface area contributed by atoms with Crippen molar-refractivity contribution in [2.75, 3.05) is 12.8 Å². The zero-order chi connectivity index (χ0) is 19.5. The number of carbonyl (C=O) groups excluding carboxylic acids is 4. The third kappa shape index (κ3) is 30.2. The van der Waals surface area contributed by atoms with E-state index in [2.05, 4.69) is 25.5 Å². The summed E-state index contributed by atoms with van der Waals surface area (Å²) in [6.07, 6.45) is 5.30. The first-order valence-corrected chi connectivity index (χ1v) is 11.2. The number of rotatable bonds is 8. The molecule has 2 amide bonds. The predicted molar refractivity (Wildman–Crippen MR) is 87.6 cm³/mol. The zero-order valence-corrected chi connectivity index (χ0v) is 24.1. The van der Waals surface area contributed by atoms with Crippen molar-refractivity contribution in [2.24, 2.45) is 6.99 Å². The maximum Gasteiger partial charge on any atom is 0.113 e. The van der Waals surface area contributed by atoms with Crippen LogP contribution in [0.4, 0.5) is 0 Å². The Labute approximate surface area is 203 Å². The van der Waals surface area contributed by atoms with Crippen LogP contribution in [0.25, 0.3) is 5.73 Å². The van der Waals surface area contributed by atoms with E-state index >= 15 is 0 Å². The van der Waals surface area contributed by atoms with Crippen molar-refractivity contribution in [3.8, 4) is 0 Å². The fourth-order valence-corrected chi connectivity index (χ4v) is 2.08. The summed E-state index contributed by atoms with van der Waals surface area (Å²) < 4.78 is 6.67. The Hall–Kier alpha value is 1.25. The van der Waals surface area contributed by atoms with Crippen LogP contribution in [0.5, 0.6) is 0 Å². The van der Waals surface area contributed by atoms with E-state index in [1.165, 1.54) is 28.5 Å². The number of hydrogen-bond acceptors (Lipinski definition) is 7. The summed E-state index contributed by atoms with van der Waals surface area (Å²) in [5.74, 6) is -0.113. The average Bonchev–Trinajstić information content (AvgIpc) is 2.57. The van der Waals surface area contributed by atoms with Crippen LogP contribution in [0.15, 0.2) is 6.99 Å². The van der Waals surface area contributed by atoms with E-state index in [1.807, 2.05) is 0 Å². The van der Waals surface area contributed by atoms with Crippen LogP contribution in [-0.4, -0.2) is 48.8 Å². The van der Waals surface area contributed by atoms with Gasteiger partial charge in [0, 0.05) is 32.7 Å². The van der Waals surface area contributed by atoms with Crippen molar-refractivity contribution in [3.05, 3.63) is 18.9 Å². The van der Waals surface area contributed by atoms with Crippen molar-refractivity contribution < 1.29 is 91.1 Å². The summed E-state index contributed by atoms with van der Waals surface area (Å²) in [5.41, 5.74) is 7.12. The molecule has 0 fully saturated rings. The molecule has 0 saturated carbocycles. The van der Waals surface area contributed by atoms with Gasteiger partial charge >= 0.3 is 110 Å². The molecule has 2 N–H and O–H groups in total. The number of nitrogens with zero attached hydrogens (tertiary/aromatic N) is 2. The van der Waals surface area contributed by atoms with Gasteiger partial charge in [-0.05, 0) is 12.7 Å². The molecule has 8 nitrogen and oxygen atoms in total. The Morgan fingerprint density at radius 1 is 1.32 bits per heavy atom. The largest absolute Gasteiger partial charge is 0.668 e. The quantitative estimate of drug-likeness (QED) is 0.292. The van der Waals surface area contributed by atoms with Gasteiger partial charge in [-0.1, -0.05) is 6.04 Å². The SMILES string of the molecule is CNC([C-]=O)CC(=O)[N]=[W].[CH2-]C(=O)[N]=[W].[CH2-]SSCC([NH-])C(C)=O.[Y]. The van der Waals surface area contributed by atoms with Crippen molar-refractivity contribution in [1.29, 1.82) is 0 Å². The summed E-state index contributed by atoms with van der Waals surface area (Å²) in [6.45, 7) is 4.41. The van der Waals surface area contributed by atoms with E-state index < -0.39 is 12.1 Å². The monoisotopic (exact) mass is 803 g/mol. The van der Waals surface area contributed by atoms with Gasteiger partial charge in [-0.15, -0.1) is 10.8 Å². The van der Waals surface area contributed by atoms with Crippen LogP contribution < -0.4 is 5.32 Å². The van der Waals surface area contributed by atoms with Gasteiger partial charge in [-0.3, -0.25) is 17.0 Å². The number of nitrogens with one attached hydrogen (secondary N) is 2. The molecular weight excluding hydrogens is 785 g/mol. The van der Waals surface area contributed by atoms with Gasteiger partial charge in [-0.2, -0.15) is 0 Å². The van der Waals surface area contributed by atoms with Crippen molar-refractivity contribution in [1.82, 2.24) is 5.32 Å². The second kappa shape index (κ2) is 25.3. The molecular formula is C12H18N4O4S2W2Y-4. The first-order valence-electron chi connectivity index (χ1n) is 6.05. The zero-order valence-electron chi connectivity index (χ0n) is 13.7. The average molecular weight is 803 g/mol. The van der Waals surface area contributed by atoms with E-state index in [-0.39, 0.29) is 56.7 Å². The first kappa shape index (κ1) is 33.8. The Morgan fingerprint density at radius 2 is 1.80 bits per heavy atom. The topological polar surface area (TPSA) is 129 Å². The predicted octanol–water partition coefficient (Wildman–Crippen LogP) is 1.58. The van der Waals surface area contributed by atoms with Gasteiger partial charge < -0.3 is 10.5 Å². The molecule has 2 atom stereocenters. The van der Waals surface area contributed by atoms with E-state index in [0.29, 0.717) is 5.75 Å². The fraction of sp³-hybridized carbons (Fsp3) is 0.500. The maximum atomic E-state index is 10.6. The van der Waals surface area contributed by atoms with Crippen molar-refractivity contribution >= 4 is 45.5 Å². The normalized spacial score (nSPS) is 10.9. The van der Waals surface area contributed by atoms with Gasteiger partial charge in [0.1, 0.15) is 5.78 Å². The Bertz CT molecular complexity index is 434. The Kier molecular flexibility index (Phi) is 34.1. The number of Topliss-reactive ketones (excluding diaryl/α,β-unsaturated/α-hetero) is 1. The van der Waals surface area contributed by atoms with E-state index in [0.717, 1.165) is 39.3 Å². The second-order valence-corrected chi connectivity index (χ2v) is 7.23. The van der Waals surface area contributed by atoms with Crippen molar-refractivity contribution in [3.63, 3.8) is 0 Å². The van der Waals surface area contributed by atoms with Gasteiger partial charge in [0.15, 0.2) is 0 Å². The Balaban J connectivity index is -0.000000136. The molecule has 141 valence electrons. The smallest absolute Gasteiger partial charge is 0.113 e. The second-order valence-electron chi connectivity index (χ2n) is 3.70. The minimum Gasteiger partial charge on any atom is -0.668 e. The summed E-state index contributed by atoms with van der Waals surface area (Å²) >= 11 is 1.78. The molecule has 0 aromatic heterocycles. The molecule has 0 spiro atoms. The molecule has 0 aromatic carbocycles. The number of likely N-dealkylation sites (N-methyl/N-ethyl adjacent to an activating group) is 1. The molecule has 0 saturated heterocycles. The number of carbonyl (C=O) groups is 3. The van der Waals surface area contributed by atoms with Crippen LogP contribution in [0.1, 0.15) is 13.3 Å². The molecule has 0 aliphatic carbocycles. The minimum atomic E-state index is -0.566. The third-order valence-electron chi connectivity index (χ3n) is 1.88. The molecule has 0 heterocycles. The molecule has 0 aliphatic rings. The molecule has 13 heteroatoms. The molecule has 0 bridgehead atoms. The van der Waals surface area contributed by atoms with Gasteiger partial charge in [0.2, 0.25) is 0 Å². The first-order chi connectivity index (χ1) is 11.2. The standard InChI is InChI=1S/C5H7N2O2.C5H9NOS2.C2H2NO.2W.Y/c1-7-4(3-8)2-5(6)9;1-4(7)5(6)3-9-8-2;1-2(3)4;;;/h4,7H,2H2,1H3;5-6H,2-3H2,1H3;1H2;;;/q-1;-2;-1;;;. The molecule has 1 radical (unpaired) electrons. The summed E-state index contributed by atoms with van der Waals surface area (Å²) in [5, 5.41) is 2.62. The van der Waals surface area contributed by atoms with Gasteiger partial charge in [0.05, 0.1) is 0 Å². The molecule has 2 unspecified atom stereocenters. The number of ketones is 1. The Morgan fingerprint density at radius 3 is 2.04 bits per heavy atom. The molecule has 25 heavy (non-hydrogen) atoms. The van der Waals surface area contributed by atoms with E-state index in [1.54, 1.807) is 13.3 Å². The van der Waals surface area contributed by atoms with Crippen LogP contribution in [0.2, 0.25) is 0 Å². The summed E-state index contributed by atoms with van der Waals surface area (Å²) in [4.78, 5) is 40.6. The van der Waals surface area contributed by atoms with Crippen LogP contribution in [0, 0.1) is 13.2 Å². The third-order valence-corrected chi connectivity index (χ3v) is 4.89. The van der Waals surface area contributed by atoms with Crippen molar-refractivity contribution in [2.45, 2.75) is 25.4 Å². The van der Waals surface area contributed by atoms with E-state index in [9.17, 15) is 19.2 Å². The van der Waals surface area contributed by atoms with Gasteiger partial charge in [-0.25, -0.2) is 0 Å². The van der Waals surface area contributed by atoms with E-state index in [4.69, 9.17) is 5.73 Å². The molecule has 0 aromatic rings. The maximum absolute atomic E-state index is 10.6. The molecule has 0 rings (SSSR count). The van der Waals surface area contributed by atoms with Crippen LogP contribution >= 0.6 is 21.6 Å². The number of hydrogen-bond donors (Lipinski definition) is 1. The van der Waals surface area contributed by atoms with Crippen LogP contribution in [0.3, 0.4) is 0 Å². The fourth-order valence-electron chi connectivity index (χ4n) is 0.648.